The highest BCUT2D eigenvalue weighted by Gasteiger charge is 2.30. The Kier molecular flexibility index (Phi) is 5.15. The highest BCUT2D eigenvalue weighted by atomic mass is 19.4. The summed E-state index contributed by atoms with van der Waals surface area (Å²) in [5.74, 6) is 0.681. The molecule has 3 aromatic heterocycles. The van der Waals surface area contributed by atoms with E-state index in [0.717, 1.165) is 44.0 Å². The van der Waals surface area contributed by atoms with Crippen molar-refractivity contribution in [3.63, 3.8) is 0 Å². The normalized spacial score (nSPS) is 14.2. The molecule has 0 bridgehead atoms. The second-order valence-electron chi connectivity index (χ2n) is 7.01. The number of aromatic nitrogens is 4. The Hall–Kier alpha value is -3.43. The molecule has 3 aromatic rings. The van der Waals surface area contributed by atoms with Crippen LogP contribution in [-0.4, -0.2) is 38.7 Å². The second kappa shape index (κ2) is 7.77. The van der Waals surface area contributed by atoms with E-state index in [2.05, 4.69) is 25.3 Å². The molecule has 156 valence electrons. The van der Waals surface area contributed by atoms with Crippen molar-refractivity contribution < 1.29 is 18.0 Å². The van der Waals surface area contributed by atoms with Gasteiger partial charge in [-0.15, -0.1) is 0 Å². The van der Waals surface area contributed by atoms with Crippen LogP contribution in [0.2, 0.25) is 0 Å². The molecule has 30 heavy (non-hydrogen) atoms. The first kappa shape index (κ1) is 19.9. The van der Waals surface area contributed by atoms with Crippen molar-refractivity contribution in [2.24, 2.45) is 0 Å². The molecule has 0 radical (unpaired) electrons. The fourth-order valence-electron chi connectivity index (χ4n) is 3.33. The van der Waals surface area contributed by atoms with E-state index in [1.165, 1.54) is 16.9 Å². The predicted molar refractivity (Wildman–Crippen MR) is 105 cm³/mol. The number of alkyl halides is 3. The van der Waals surface area contributed by atoms with Crippen LogP contribution in [0.4, 0.5) is 24.7 Å². The molecule has 1 saturated heterocycles. The zero-order valence-corrected chi connectivity index (χ0v) is 16.1. The third-order valence-electron chi connectivity index (χ3n) is 4.98. The van der Waals surface area contributed by atoms with E-state index in [1.807, 2.05) is 6.07 Å². The Balaban J connectivity index is 1.48. The Morgan fingerprint density at radius 3 is 2.30 bits per heavy atom. The summed E-state index contributed by atoms with van der Waals surface area (Å²) >= 11 is 0. The van der Waals surface area contributed by atoms with Crippen LogP contribution in [0.3, 0.4) is 0 Å². The van der Waals surface area contributed by atoms with Gasteiger partial charge in [-0.2, -0.15) is 18.3 Å². The number of nitrogens with one attached hydrogen (secondary N) is 1. The minimum Gasteiger partial charge on any atom is -0.357 e. The Bertz CT molecular complexity index is 1040. The van der Waals surface area contributed by atoms with Gasteiger partial charge < -0.3 is 10.2 Å². The van der Waals surface area contributed by atoms with Gasteiger partial charge in [0.05, 0.1) is 34.9 Å². The summed E-state index contributed by atoms with van der Waals surface area (Å²) in [5.41, 5.74) is 0.448. The first-order chi connectivity index (χ1) is 14.3. The average molecular weight is 416 g/mol. The maximum atomic E-state index is 12.7. The number of amides is 1. The highest BCUT2D eigenvalue weighted by Crippen LogP contribution is 2.29. The minimum atomic E-state index is -4.46. The van der Waals surface area contributed by atoms with Gasteiger partial charge in [0.1, 0.15) is 5.82 Å². The molecule has 0 aromatic carbocycles. The van der Waals surface area contributed by atoms with E-state index in [4.69, 9.17) is 0 Å². The number of hydrogen-bond donors (Lipinski definition) is 1. The van der Waals surface area contributed by atoms with E-state index >= 15 is 0 Å². The monoisotopic (exact) mass is 416 g/mol. The zero-order valence-electron chi connectivity index (χ0n) is 16.1. The van der Waals surface area contributed by atoms with E-state index in [-0.39, 0.29) is 11.7 Å². The van der Waals surface area contributed by atoms with Gasteiger partial charge in [-0.1, -0.05) is 0 Å². The number of halogens is 3. The van der Waals surface area contributed by atoms with Crippen molar-refractivity contribution in [3.8, 4) is 5.82 Å². The fourth-order valence-corrected chi connectivity index (χ4v) is 3.33. The Labute approximate surface area is 170 Å². The number of pyridine rings is 2. The lowest BCUT2D eigenvalue weighted by atomic mass is 10.2. The Morgan fingerprint density at radius 1 is 1.00 bits per heavy atom. The van der Waals surface area contributed by atoms with Crippen LogP contribution < -0.4 is 10.2 Å². The van der Waals surface area contributed by atoms with E-state index < -0.39 is 11.7 Å². The van der Waals surface area contributed by atoms with Gasteiger partial charge in [-0.3, -0.25) is 4.79 Å². The van der Waals surface area contributed by atoms with Gasteiger partial charge in [-0.25, -0.2) is 14.6 Å². The third kappa shape index (κ3) is 3.98. The maximum absolute atomic E-state index is 12.7. The summed E-state index contributed by atoms with van der Waals surface area (Å²) in [5, 5.41) is 6.86. The molecule has 0 spiro atoms. The number of nitrogens with zero attached hydrogens (tertiary/aromatic N) is 5. The van der Waals surface area contributed by atoms with Crippen molar-refractivity contribution in [3.05, 3.63) is 59.7 Å². The maximum Gasteiger partial charge on any atom is 0.417 e. The van der Waals surface area contributed by atoms with Gasteiger partial charge in [-0.05, 0) is 44.0 Å². The van der Waals surface area contributed by atoms with Crippen molar-refractivity contribution in [1.82, 2.24) is 19.7 Å². The number of anilines is 2. The largest absolute Gasteiger partial charge is 0.417 e. The molecule has 1 aliphatic heterocycles. The van der Waals surface area contributed by atoms with Gasteiger partial charge in [0.2, 0.25) is 0 Å². The number of rotatable bonds is 4. The van der Waals surface area contributed by atoms with Crippen LogP contribution in [0.5, 0.6) is 0 Å². The lowest BCUT2D eigenvalue weighted by Crippen LogP contribution is -2.19. The lowest BCUT2D eigenvalue weighted by Gasteiger charge is -2.16. The van der Waals surface area contributed by atoms with Crippen molar-refractivity contribution in [2.75, 3.05) is 23.3 Å². The van der Waals surface area contributed by atoms with E-state index in [1.54, 1.807) is 19.2 Å². The fraction of sp³-hybridized carbons (Fsp3) is 0.300. The topological polar surface area (TPSA) is 75.9 Å². The molecule has 7 nitrogen and oxygen atoms in total. The van der Waals surface area contributed by atoms with Gasteiger partial charge >= 0.3 is 6.18 Å². The standard InChI is InChI=1S/C20H19F3N6O/c1-13-16(12-26-29(13)18-6-4-14(10-24-18)20(21,22)23)19(30)27-15-5-7-17(25-11-15)28-8-2-3-9-28/h4-7,10-12H,2-3,8-9H2,1H3,(H,27,30). The molecule has 0 saturated carbocycles. The zero-order chi connectivity index (χ0) is 21.3. The molecule has 0 unspecified atom stereocenters. The summed E-state index contributed by atoms with van der Waals surface area (Å²) in [7, 11) is 0. The summed E-state index contributed by atoms with van der Waals surface area (Å²) in [4.78, 5) is 23.0. The van der Waals surface area contributed by atoms with Gasteiger partial charge in [0.15, 0.2) is 5.82 Å². The first-order valence-electron chi connectivity index (χ1n) is 9.43. The van der Waals surface area contributed by atoms with Crippen molar-refractivity contribution >= 4 is 17.4 Å². The molecular formula is C20H19F3N6O. The summed E-state index contributed by atoms with van der Waals surface area (Å²) < 4.78 is 39.4. The molecule has 0 aliphatic carbocycles. The number of carbonyl (C=O) groups is 1. The molecule has 1 aliphatic rings. The third-order valence-corrected chi connectivity index (χ3v) is 4.98. The van der Waals surface area contributed by atoms with Crippen LogP contribution in [0.15, 0.2) is 42.9 Å². The number of hydrogen-bond acceptors (Lipinski definition) is 5. The second-order valence-corrected chi connectivity index (χ2v) is 7.01. The quantitative estimate of drug-likeness (QED) is 0.699. The van der Waals surface area contributed by atoms with Crippen LogP contribution in [0.1, 0.15) is 34.5 Å². The summed E-state index contributed by atoms with van der Waals surface area (Å²) in [6.45, 7) is 3.61. The molecule has 1 fully saturated rings. The predicted octanol–water partition coefficient (Wildman–Crippen LogP) is 3.84. The molecule has 4 heterocycles. The summed E-state index contributed by atoms with van der Waals surface area (Å²) in [6, 6.07) is 5.79. The van der Waals surface area contributed by atoms with E-state index in [0.29, 0.717) is 16.9 Å². The minimum absolute atomic E-state index is 0.191. The van der Waals surface area contributed by atoms with Crippen molar-refractivity contribution in [2.45, 2.75) is 25.9 Å². The van der Waals surface area contributed by atoms with E-state index in [9.17, 15) is 18.0 Å². The number of carbonyl (C=O) groups excluding carboxylic acids is 1. The SMILES string of the molecule is Cc1c(C(=O)Nc2ccc(N3CCCC3)nc2)cnn1-c1ccc(C(F)(F)F)cn1. The van der Waals surface area contributed by atoms with Gasteiger partial charge in [0.25, 0.3) is 5.91 Å². The highest BCUT2D eigenvalue weighted by molar-refractivity contribution is 6.04. The lowest BCUT2D eigenvalue weighted by molar-refractivity contribution is -0.137. The van der Waals surface area contributed by atoms with Crippen LogP contribution in [0.25, 0.3) is 5.82 Å². The smallest absolute Gasteiger partial charge is 0.357 e. The first-order valence-corrected chi connectivity index (χ1v) is 9.43. The Morgan fingerprint density at radius 2 is 1.70 bits per heavy atom. The van der Waals surface area contributed by atoms with Crippen molar-refractivity contribution in [1.29, 1.82) is 0 Å². The van der Waals surface area contributed by atoms with Crippen LogP contribution in [0, 0.1) is 6.92 Å². The van der Waals surface area contributed by atoms with Gasteiger partial charge in [0, 0.05) is 19.3 Å². The summed E-state index contributed by atoms with van der Waals surface area (Å²) in [6.07, 6.45) is 1.53. The molecule has 1 N–H and O–H groups in total. The molecule has 0 atom stereocenters. The molecule has 4 rings (SSSR count). The molecule has 10 heteroatoms. The molecular weight excluding hydrogens is 397 g/mol. The molecule has 1 amide bonds. The average Bonchev–Trinajstić information content (AvgIpc) is 3.38. The van der Waals surface area contributed by atoms with Crippen LogP contribution in [-0.2, 0) is 6.18 Å². The van der Waals surface area contributed by atoms with Crippen LogP contribution >= 0.6 is 0 Å².